The highest BCUT2D eigenvalue weighted by atomic mass is 35.5. The number of para-hydroxylation sites is 1. The summed E-state index contributed by atoms with van der Waals surface area (Å²) >= 11 is 5.94. The summed E-state index contributed by atoms with van der Waals surface area (Å²) in [6.45, 7) is 6.25. The number of nitrogens with one attached hydrogen (secondary N) is 1. The van der Waals surface area contributed by atoms with E-state index in [2.05, 4.69) is 5.32 Å². The van der Waals surface area contributed by atoms with Gasteiger partial charge in [0, 0.05) is 6.54 Å². The minimum absolute atomic E-state index is 0.0773. The quantitative estimate of drug-likeness (QED) is 0.842. The Balaban J connectivity index is 2.55. The van der Waals surface area contributed by atoms with E-state index in [9.17, 15) is 4.79 Å². The van der Waals surface area contributed by atoms with Crippen LogP contribution in [0.1, 0.15) is 20.8 Å². The van der Waals surface area contributed by atoms with Gasteiger partial charge in [0.25, 0.3) is 5.91 Å². The molecule has 1 aromatic rings. The molecular weight excluding hydrogens is 264 g/mol. The first-order valence-electron chi connectivity index (χ1n) is 6.27. The molecule has 1 rings (SSSR count). The molecule has 0 saturated carbocycles. The van der Waals surface area contributed by atoms with Crippen LogP contribution in [0.2, 0.25) is 5.02 Å². The van der Waals surface area contributed by atoms with E-state index in [1.807, 2.05) is 20.8 Å². The molecule has 0 bridgehead atoms. The summed E-state index contributed by atoms with van der Waals surface area (Å²) in [4.78, 5) is 11.9. The van der Waals surface area contributed by atoms with Gasteiger partial charge in [0.1, 0.15) is 5.75 Å². The summed E-state index contributed by atoms with van der Waals surface area (Å²) in [7, 11) is 0. The first-order chi connectivity index (χ1) is 8.89. The van der Waals surface area contributed by atoms with Crippen molar-refractivity contribution in [1.29, 1.82) is 0 Å². The number of benzene rings is 1. The molecule has 1 atom stereocenters. The van der Waals surface area contributed by atoms with Gasteiger partial charge in [0.2, 0.25) is 0 Å². The Labute approximate surface area is 119 Å². The van der Waals surface area contributed by atoms with Crippen LogP contribution < -0.4 is 15.8 Å². The first-order valence-corrected chi connectivity index (χ1v) is 6.65. The van der Waals surface area contributed by atoms with Crippen molar-refractivity contribution in [2.45, 2.75) is 26.3 Å². The lowest BCUT2D eigenvalue weighted by Crippen LogP contribution is -2.56. The molecule has 0 fully saturated rings. The standard InChI is InChI=1S/C14H21ClN2O2/c1-10(2)14(3,9-16)17-13(18)8-19-12-7-5-4-6-11(12)15/h4-7,10H,8-9,16H2,1-3H3,(H,17,18). The van der Waals surface area contributed by atoms with Gasteiger partial charge in [-0.25, -0.2) is 0 Å². The number of amides is 1. The van der Waals surface area contributed by atoms with E-state index >= 15 is 0 Å². The van der Waals surface area contributed by atoms with E-state index in [-0.39, 0.29) is 18.4 Å². The lowest BCUT2D eigenvalue weighted by Gasteiger charge is -2.33. The maximum absolute atomic E-state index is 11.9. The SMILES string of the molecule is CC(C)C(C)(CN)NC(=O)COc1ccccc1Cl. The van der Waals surface area contributed by atoms with E-state index < -0.39 is 5.54 Å². The van der Waals surface area contributed by atoms with Crippen molar-refractivity contribution in [3.05, 3.63) is 29.3 Å². The molecule has 106 valence electrons. The van der Waals surface area contributed by atoms with Gasteiger partial charge in [-0.05, 0) is 25.0 Å². The molecular formula is C14H21ClN2O2. The fourth-order valence-corrected chi connectivity index (χ4v) is 1.68. The molecule has 1 amide bonds. The first kappa shape index (κ1) is 15.8. The Hall–Kier alpha value is -1.26. The van der Waals surface area contributed by atoms with Crippen molar-refractivity contribution in [2.75, 3.05) is 13.2 Å². The molecule has 3 N–H and O–H groups in total. The van der Waals surface area contributed by atoms with Crippen LogP contribution in [0.25, 0.3) is 0 Å². The van der Waals surface area contributed by atoms with Crippen LogP contribution in [0.5, 0.6) is 5.75 Å². The van der Waals surface area contributed by atoms with Gasteiger partial charge in [0.05, 0.1) is 10.6 Å². The van der Waals surface area contributed by atoms with Crippen molar-refractivity contribution in [2.24, 2.45) is 11.7 Å². The molecule has 0 saturated heterocycles. The summed E-state index contributed by atoms with van der Waals surface area (Å²) in [5, 5.41) is 3.39. The number of nitrogens with two attached hydrogens (primary N) is 1. The van der Waals surface area contributed by atoms with Crippen molar-refractivity contribution in [1.82, 2.24) is 5.32 Å². The van der Waals surface area contributed by atoms with Gasteiger partial charge in [0.15, 0.2) is 6.61 Å². The van der Waals surface area contributed by atoms with Gasteiger partial charge >= 0.3 is 0 Å². The molecule has 0 radical (unpaired) electrons. The Kier molecular flexibility index (Phi) is 5.63. The van der Waals surface area contributed by atoms with E-state index in [1.54, 1.807) is 24.3 Å². The van der Waals surface area contributed by atoms with Crippen LogP contribution in [-0.4, -0.2) is 24.6 Å². The van der Waals surface area contributed by atoms with Crippen LogP contribution in [0, 0.1) is 5.92 Å². The Morgan fingerprint density at radius 3 is 2.63 bits per heavy atom. The van der Waals surface area contributed by atoms with Crippen molar-refractivity contribution in [3.8, 4) is 5.75 Å². The van der Waals surface area contributed by atoms with Gasteiger partial charge in [-0.2, -0.15) is 0 Å². The number of hydrogen-bond acceptors (Lipinski definition) is 3. The van der Waals surface area contributed by atoms with Crippen LogP contribution in [0.4, 0.5) is 0 Å². The van der Waals surface area contributed by atoms with Gasteiger partial charge < -0.3 is 15.8 Å². The highest BCUT2D eigenvalue weighted by Gasteiger charge is 2.28. The Morgan fingerprint density at radius 1 is 1.47 bits per heavy atom. The molecule has 19 heavy (non-hydrogen) atoms. The minimum Gasteiger partial charge on any atom is -0.482 e. The fraction of sp³-hybridized carbons (Fsp3) is 0.500. The lowest BCUT2D eigenvalue weighted by molar-refractivity contribution is -0.125. The number of hydrogen-bond donors (Lipinski definition) is 2. The van der Waals surface area contributed by atoms with Crippen LogP contribution in [0.3, 0.4) is 0 Å². The van der Waals surface area contributed by atoms with Crippen LogP contribution in [0.15, 0.2) is 24.3 Å². The molecule has 4 nitrogen and oxygen atoms in total. The molecule has 5 heteroatoms. The number of halogens is 1. The molecule has 0 aliphatic rings. The Morgan fingerprint density at radius 2 is 2.11 bits per heavy atom. The second-order valence-electron chi connectivity index (χ2n) is 5.04. The molecule has 0 aliphatic carbocycles. The average molecular weight is 285 g/mol. The molecule has 0 aromatic heterocycles. The Bertz CT molecular complexity index is 437. The van der Waals surface area contributed by atoms with E-state index in [0.29, 0.717) is 17.3 Å². The topological polar surface area (TPSA) is 64.3 Å². The summed E-state index contributed by atoms with van der Waals surface area (Å²) in [6.07, 6.45) is 0. The monoisotopic (exact) mass is 284 g/mol. The minimum atomic E-state index is -0.430. The fourth-order valence-electron chi connectivity index (χ4n) is 1.49. The van der Waals surface area contributed by atoms with E-state index in [1.165, 1.54) is 0 Å². The van der Waals surface area contributed by atoms with Crippen LogP contribution in [-0.2, 0) is 4.79 Å². The zero-order valence-electron chi connectivity index (χ0n) is 11.6. The number of ether oxygens (including phenoxy) is 1. The highest BCUT2D eigenvalue weighted by molar-refractivity contribution is 6.32. The summed E-state index contributed by atoms with van der Waals surface area (Å²) in [5.41, 5.74) is 5.28. The van der Waals surface area contributed by atoms with Gasteiger partial charge in [-0.1, -0.05) is 37.6 Å². The number of rotatable bonds is 6. The zero-order chi connectivity index (χ0) is 14.5. The number of carbonyl (C=O) groups is 1. The molecule has 1 unspecified atom stereocenters. The third-order valence-electron chi connectivity index (χ3n) is 3.32. The maximum Gasteiger partial charge on any atom is 0.258 e. The number of carbonyl (C=O) groups excluding carboxylic acids is 1. The van der Waals surface area contributed by atoms with Gasteiger partial charge in [-0.3, -0.25) is 4.79 Å². The van der Waals surface area contributed by atoms with Crippen LogP contribution >= 0.6 is 11.6 Å². The van der Waals surface area contributed by atoms with Crippen molar-refractivity contribution >= 4 is 17.5 Å². The molecule has 0 spiro atoms. The summed E-state index contributed by atoms with van der Waals surface area (Å²) in [6, 6.07) is 7.05. The zero-order valence-corrected chi connectivity index (χ0v) is 12.3. The maximum atomic E-state index is 11.9. The van der Waals surface area contributed by atoms with Gasteiger partial charge in [-0.15, -0.1) is 0 Å². The van der Waals surface area contributed by atoms with E-state index in [0.717, 1.165) is 0 Å². The molecule has 0 aliphatic heterocycles. The second kappa shape index (κ2) is 6.78. The molecule has 0 heterocycles. The van der Waals surface area contributed by atoms with Crippen molar-refractivity contribution < 1.29 is 9.53 Å². The van der Waals surface area contributed by atoms with E-state index in [4.69, 9.17) is 22.1 Å². The highest BCUT2D eigenvalue weighted by Crippen LogP contribution is 2.23. The van der Waals surface area contributed by atoms with Crippen molar-refractivity contribution in [3.63, 3.8) is 0 Å². The average Bonchev–Trinajstić information content (AvgIpc) is 2.37. The smallest absolute Gasteiger partial charge is 0.258 e. The largest absolute Gasteiger partial charge is 0.482 e. The molecule has 1 aromatic carbocycles. The summed E-state index contributed by atoms with van der Waals surface area (Å²) in [5.74, 6) is 0.529. The predicted octanol–water partition coefficient (Wildman–Crippen LogP) is 2.21. The third kappa shape index (κ3) is 4.40. The second-order valence-corrected chi connectivity index (χ2v) is 5.45. The normalized spacial score (nSPS) is 14.0. The lowest BCUT2D eigenvalue weighted by atomic mass is 9.88. The third-order valence-corrected chi connectivity index (χ3v) is 3.63. The predicted molar refractivity (Wildman–Crippen MR) is 77.4 cm³/mol. The summed E-state index contributed by atoms with van der Waals surface area (Å²) < 4.78 is 5.38.